The van der Waals surface area contributed by atoms with Gasteiger partial charge in [0.1, 0.15) is 12.2 Å². The number of hydrogen-bond acceptors (Lipinski definition) is 4. The molecule has 74 valence electrons. The number of alkyl halides is 2. The SMILES string of the molecule is O[C@@H]([C@H](O)[C@H](O)CI)[C@H](O)CI. The zero-order valence-electron chi connectivity index (χ0n) is 6.27. The minimum absolute atomic E-state index is 0.323. The van der Waals surface area contributed by atoms with E-state index in [0.29, 0.717) is 8.86 Å². The smallest absolute Gasteiger partial charge is 0.109 e. The summed E-state index contributed by atoms with van der Waals surface area (Å²) in [5, 5.41) is 36.7. The molecule has 0 aliphatic heterocycles. The van der Waals surface area contributed by atoms with E-state index in [1.807, 2.05) is 45.2 Å². The zero-order chi connectivity index (χ0) is 9.72. The molecule has 0 fully saturated rings. The first-order valence-electron chi connectivity index (χ1n) is 3.38. The van der Waals surface area contributed by atoms with Crippen LogP contribution in [0, 0.1) is 0 Å². The first-order valence-corrected chi connectivity index (χ1v) is 6.43. The minimum atomic E-state index is -1.27. The van der Waals surface area contributed by atoms with E-state index in [4.69, 9.17) is 10.2 Å². The molecule has 4 atom stereocenters. The molecule has 0 aliphatic rings. The molecule has 0 aromatic carbocycles. The van der Waals surface area contributed by atoms with Gasteiger partial charge in [-0.2, -0.15) is 0 Å². The lowest BCUT2D eigenvalue weighted by atomic mass is 10.1. The van der Waals surface area contributed by atoms with Crippen LogP contribution in [-0.4, -0.2) is 53.7 Å². The first kappa shape index (κ1) is 13.3. The van der Waals surface area contributed by atoms with Gasteiger partial charge in [-0.1, -0.05) is 45.2 Å². The quantitative estimate of drug-likeness (QED) is 0.363. The number of hydrogen-bond donors (Lipinski definition) is 4. The predicted molar refractivity (Wildman–Crippen MR) is 61.8 cm³/mol. The number of rotatable bonds is 5. The third-order valence-corrected chi connectivity index (χ3v) is 3.26. The van der Waals surface area contributed by atoms with Crippen molar-refractivity contribution in [1.29, 1.82) is 0 Å². The second kappa shape index (κ2) is 6.71. The summed E-state index contributed by atoms with van der Waals surface area (Å²) < 4.78 is 0.647. The Bertz CT molecular complexity index is 110. The molecule has 0 bridgehead atoms. The largest absolute Gasteiger partial charge is 0.390 e. The summed E-state index contributed by atoms with van der Waals surface area (Å²) in [7, 11) is 0. The van der Waals surface area contributed by atoms with Gasteiger partial charge in [0.05, 0.1) is 12.2 Å². The molecule has 0 unspecified atom stereocenters. The maximum absolute atomic E-state index is 9.22. The summed E-state index contributed by atoms with van der Waals surface area (Å²) in [6.07, 6.45) is -4.52. The highest BCUT2D eigenvalue weighted by Gasteiger charge is 2.28. The fraction of sp³-hybridized carbons (Fsp3) is 1.00. The van der Waals surface area contributed by atoms with Crippen molar-refractivity contribution in [3.05, 3.63) is 0 Å². The molecule has 0 aliphatic carbocycles. The molecule has 0 rings (SSSR count). The zero-order valence-corrected chi connectivity index (χ0v) is 10.6. The average Bonchev–Trinajstić information content (AvgIpc) is 2.12. The highest BCUT2D eigenvalue weighted by Crippen LogP contribution is 2.08. The van der Waals surface area contributed by atoms with E-state index in [1.165, 1.54) is 0 Å². The molecule has 0 saturated carbocycles. The molecule has 0 amide bonds. The Hall–Kier alpha value is 1.30. The van der Waals surface area contributed by atoms with Crippen LogP contribution in [0.2, 0.25) is 0 Å². The molecule has 4 N–H and O–H groups in total. The molecule has 0 saturated heterocycles. The van der Waals surface area contributed by atoms with Crippen molar-refractivity contribution in [3.63, 3.8) is 0 Å². The summed E-state index contributed by atoms with van der Waals surface area (Å²) >= 11 is 3.79. The van der Waals surface area contributed by atoms with Crippen molar-refractivity contribution in [1.82, 2.24) is 0 Å². The topological polar surface area (TPSA) is 80.9 Å². The Morgan fingerprint density at radius 1 is 0.750 bits per heavy atom. The van der Waals surface area contributed by atoms with Gasteiger partial charge in [-0.3, -0.25) is 0 Å². The maximum atomic E-state index is 9.22. The van der Waals surface area contributed by atoms with Crippen molar-refractivity contribution in [2.45, 2.75) is 24.4 Å². The molecule has 0 spiro atoms. The van der Waals surface area contributed by atoms with Gasteiger partial charge in [0.25, 0.3) is 0 Å². The maximum Gasteiger partial charge on any atom is 0.109 e. The highest BCUT2D eigenvalue weighted by molar-refractivity contribution is 14.1. The Kier molecular flexibility index (Phi) is 7.44. The van der Waals surface area contributed by atoms with Crippen molar-refractivity contribution in [2.24, 2.45) is 0 Å². The molecular formula is C6H12I2O4. The van der Waals surface area contributed by atoms with Crippen LogP contribution in [0.3, 0.4) is 0 Å². The minimum Gasteiger partial charge on any atom is -0.390 e. The van der Waals surface area contributed by atoms with E-state index in [9.17, 15) is 10.2 Å². The van der Waals surface area contributed by atoms with E-state index in [1.54, 1.807) is 0 Å². The second-order valence-electron chi connectivity index (χ2n) is 2.42. The Morgan fingerprint density at radius 3 is 1.17 bits per heavy atom. The number of halogens is 2. The van der Waals surface area contributed by atoms with Crippen molar-refractivity contribution in [2.75, 3.05) is 8.86 Å². The summed E-state index contributed by atoms with van der Waals surface area (Å²) in [4.78, 5) is 0. The highest BCUT2D eigenvalue weighted by atomic mass is 127. The summed E-state index contributed by atoms with van der Waals surface area (Å²) in [6, 6.07) is 0. The van der Waals surface area contributed by atoms with Crippen LogP contribution >= 0.6 is 45.2 Å². The van der Waals surface area contributed by atoms with Gasteiger partial charge in [-0.05, 0) is 0 Å². The lowest BCUT2D eigenvalue weighted by Crippen LogP contribution is -2.45. The van der Waals surface area contributed by atoms with Crippen LogP contribution in [0.15, 0.2) is 0 Å². The van der Waals surface area contributed by atoms with Crippen LogP contribution < -0.4 is 0 Å². The number of aliphatic hydroxyl groups excluding tert-OH is 4. The summed E-state index contributed by atoms with van der Waals surface area (Å²) in [6.45, 7) is 0. The molecule has 0 aromatic heterocycles. The van der Waals surface area contributed by atoms with Crippen molar-refractivity contribution in [3.8, 4) is 0 Å². The van der Waals surface area contributed by atoms with Gasteiger partial charge in [-0.25, -0.2) is 0 Å². The molecule has 0 heterocycles. The van der Waals surface area contributed by atoms with Crippen LogP contribution in [-0.2, 0) is 0 Å². The fourth-order valence-corrected chi connectivity index (χ4v) is 1.68. The molecule has 12 heavy (non-hydrogen) atoms. The molecule has 0 aromatic rings. The molecule has 4 nitrogen and oxygen atoms in total. The van der Waals surface area contributed by atoms with Gasteiger partial charge < -0.3 is 20.4 Å². The van der Waals surface area contributed by atoms with Crippen molar-refractivity contribution >= 4 is 45.2 Å². The van der Waals surface area contributed by atoms with Gasteiger partial charge in [0.15, 0.2) is 0 Å². The summed E-state index contributed by atoms with van der Waals surface area (Å²) in [5.74, 6) is 0. The first-order chi connectivity index (χ1) is 5.54. The molecular weight excluding hydrogens is 390 g/mol. The third kappa shape index (κ3) is 4.01. The van der Waals surface area contributed by atoms with Crippen LogP contribution in [0.5, 0.6) is 0 Å². The number of aliphatic hydroxyl groups is 4. The second-order valence-corrected chi connectivity index (χ2v) is 4.19. The van der Waals surface area contributed by atoms with Gasteiger partial charge in [-0.15, -0.1) is 0 Å². The van der Waals surface area contributed by atoms with E-state index in [2.05, 4.69) is 0 Å². The lowest BCUT2D eigenvalue weighted by molar-refractivity contribution is -0.0908. The Morgan fingerprint density at radius 2 is 1.00 bits per heavy atom. The van der Waals surface area contributed by atoms with E-state index in [-0.39, 0.29) is 0 Å². The molecule has 0 radical (unpaired) electrons. The van der Waals surface area contributed by atoms with E-state index in [0.717, 1.165) is 0 Å². The van der Waals surface area contributed by atoms with Gasteiger partial charge in [0, 0.05) is 8.86 Å². The van der Waals surface area contributed by atoms with E-state index >= 15 is 0 Å². The Balaban J connectivity index is 3.99. The average molecular weight is 402 g/mol. The monoisotopic (exact) mass is 402 g/mol. The standard InChI is InChI=1S/C6H12I2O4/c7-1-3(9)5(11)6(12)4(10)2-8/h3-6,9-12H,1-2H2/t3-,4-,5-,6-/m1/s1. The third-order valence-electron chi connectivity index (χ3n) is 1.45. The van der Waals surface area contributed by atoms with Crippen LogP contribution in [0.1, 0.15) is 0 Å². The predicted octanol–water partition coefficient (Wildman–Crippen LogP) is -0.700. The van der Waals surface area contributed by atoms with E-state index < -0.39 is 24.4 Å². The van der Waals surface area contributed by atoms with Crippen LogP contribution in [0.25, 0.3) is 0 Å². The van der Waals surface area contributed by atoms with Crippen molar-refractivity contribution < 1.29 is 20.4 Å². The lowest BCUT2D eigenvalue weighted by Gasteiger charge is -2.24. The van der Waals surface area contributed by atoms with Gasteiger partial charge >= 0.3 is 0 Å². The fourth-order valence-electron chi connectivity index (χ4n) is 0.638. The van der Waals surface area contributed by atoms with Gasteiger partial charge in [0.2, 0.25) is 0 Å². The summed E-state index contributed by atoms with van der Waals surface area (Å²) in [5.41, 5.74) is 0. The van der Waals surface area contributed by atoms with Crippen LogP contribution in [0.4, 0.5) is 0 Å². The normalized spacial score (nSPS) is 21.5. The Labute approximate surface area is 98.3 Å². The molecule has 6 heteroatoms.